The van der Waals surface area contributed by atoms with Crippen LogP contribution in [-0.4, -0.2) is 4.98 Å². The van der Waals surface area contributed by atoms with E-state index in [1.807, 2.05) is 6.92 Å². The van der Waals surface area contributed by atoms with Gasteiger partial charge in [0.2, 0.25) is 0 Å². The van der Waals surface area contributed by atoms with E-state index in [9.17, 15) is 18.0 Å². The molecule has 0 fully saturated rings. The molecule has 1 aromatic carbocycles. The zero-order valence-corrected chi connectivity index (χ0v) is 9.77. The van der Waals surface area contributed by atoms with Gasteiger partial charge in [-0.2, -0.15) is 13.2 Å². The Morgan fingerprint density at radius 2 is 1.94 bits per heavy atom. The first-order chi connectivity index (χ1) is 8.41. The molecular formula is C13H12F3NO. The van der Waals surface area contributed by atoms with Crippen molar-refractivity contribution >= 4 is 10.9 Å². The van der Waals surface area contributed by atoms with Crippen LogP contribution in [0.1, 0.15) is 24.6 Å². The van der Waals surface area contributed by atoms with Crippen LogP contribution in [0.5, 0.6) is 0 Å². The Labute approximate surface area is 101 Å². The van der Waals surface area contributed by atoms with Crippen LogP contribution in [-0.2, 0) is 12.6 Å². The van der Waals surface area contributed by atoms with Gasteiger partial charge in [-0.15, -0.1) is 0 Å². The number of rotatable bonds is 2. The van der Waals surface area contributed by atoms with E-state index < -0.39 is 17.3 Å². The smallest absolute Gasteiger partial charge is 0.351 e. The first-order valence-corrected chi connectivity index (χ1v) is 5.65. The predicted molar refractivity (Wildman–Crippen MR) is 63.6 cm³/mol. The third-order valence-electron chi connectivity index (χ3n) is 2.74. The summed E-state index contributed by atoms with van der Waals surface area (Å²) in [6, 6.07) is 5.52. The van der Waals surface area contributed by atoms with E-state index >= 15 is 0 Å². The summed E-state index contributed by atoms with van der Waals surface area (Å²) in [6.45, 7) is 2.00. The topological polar surface area (TPSA) is 32.9 Å². The maximum absolute atomic E-state index is 12.5. The lowest BCUT2D eigenvalue weighted by atomic mass is 10.1. The van der Waals surface area contributed by atoms with Gasteiger partial charge in [-0.05, 0) is 24.1 Å². The number of hydrogen-bond donors (Lipinski definition) is 1. The van der Waals surface area contributed by atoms with Crippen molar-refractivity contribution in [2.75, 3.05) is 0 Å². The summed E-state index contributed by atoms with van der Waals surface area (Å²) in [4.78, 5) is 13.9. The Morgan fingerprint density at radius 3 is 2.56 bits per heavy atom. The van der Waals surface area contributed by atoms with Gasteiger partial charge in [-0.1, -0.05) is 19.4 Å². The molecule has 1 heterocycles. The number of fused-ring (bicyclic) bond motifs is 1. The summed E-state index contributed by atoms with van der Waals surface area (Å²) in [5, 5.41) is 0.300. The normalized spacial score (nSPS) is 12.0. The van der Waals surface area contributed by atoms with Gasteiger partial charge in [0.25, 0.3) is 0 Å². The maximum Gasteiger partial charge on any atom is 0.431 e. The molecule has 0 saturated heterocycles. The molecule has 0 aliphatic carbocycles. The Balaban J connectivity index is 2.63. The zero-order valence-electron chi connectivity index (χ0n) is 9.77. The molecule has 0 unspecified atom stereocenters. The van der Waals surface area contributed by atoms with E-state index in [2.05, 4.69) is 4.98 Å². The minimum atomic E-state index is -4.53. The number of nitrogens with one attached hydrogen (secondary N) is 1. The second-order valence-corrected chi connectivity index (χ2v) is 4.17. The molecule has 0 spiro atoms. The summed E-state index contributed by atoms with van der Waals surface area (Å²) in [6.07, 6.45) is -2.81. The highest BCUT2D eigenvalue weighted by molar-refractivity contribution is 5.79. The molecular weight excluding hydrogens is 243 g/mol. The van der Waals surface area contributed by atoms with Gasteiger partial charge in [0, 0.05) is 17.0 Å². The van der Waals surface area contributed by atoms with Gasteiger partial charge in [-0.25, -0.2) is 0 Å². The Bertz CT molecular complexity index is 628. The fourth-order valence-electron chi connectivity index (χ4n) is 1.89. The van der Waals surface area contributed by atoms with Crippen molar-refractivity contribution in [1.82, 2.24) is 4.98 Å². The quantitative estimate of drug-likeness (QED) is 0.875. The van der Waals surface area contributed by atoms with Crippen LogP contribution in [0, 0.1) is 0 Å². The average Bonchev–Trinajstić information content (AvgIpc) is 2.29. The Morgan fingerprint density at radius 1 is 1.22 bits per heavy atom. The highest BCUT2D eigenvalue weighted by Crippen LogP contribution is 2.27. The van der Waals surface area contributed by atoms with Crippen LogP contribution in [0.15, 0.2) is 29.1 Å². The van der Waals surface area contributed by atoms with Crippen molar-refractivity contribution < 1.29 is 13.2 Å². The Hall–Kier alpha value is -1.78. The zero-order chi connectivity index (χ0) is 13.3. The SMILES string of the molecule is CCCc1ccc2[nH]c(C(F)(F)F)cc(=O)c2c1. The summed E-state index contributed by atoms with van der Waals surface area (Å²) in [5.74, 6) is 0. The number of H-pyrrole nitrogens is 1. The number of aromatic amines is 1. The number of benzene rings is 1. The average molecular weight is 255 g/mol. The lowest BCUT2D eigenvalue weighted by Gasteiger charge is -2.08. The molecule has 0 radical (unpaired) electrons. The minimum absolute atomic E-state index is 0.217. The number of alkyl halides is 3. The molecule has 96 valence electrons. The first-order valence-electron chi connectivity index (χ1n) is 5.65. The van der Waals surface area contributed by atoms with E-state index in [0.717, 1.165) is 18.4 Å². The van der Waals surface area contributed by atoms with Crippen LogP contribution in [0.2, 0.25) is 0 Å². The van der Waals surface area contributed by atoms with Gasteiger partial charge >= 0.3 is 6.18 Å². The molecule has 5 heteroatoms. The standard InChI is InChI=1S/C13H12F3NO/c1-2-3-8-4-5-10-9(6-8)11(18)7-12(17-10)13(14,15)16/h4-7H,2-3H2,1H3,(H,17,18). The van der Waals surface area contributed by atoms with Crippen LogP contribution < -0.4 is 5.43 Å². The van der Waals surface area contributed by atoms with E-state index in [-0.39, 0.29) is 5.52 Å². The largest absolute Gasteiger partial charge is 0.431 e. The van der Waals surface area contributed by atoms with E-state index in [1.54, 1.807) is 12.1 Å². The van der Waals surface area contributed by atoms with Crippen molar-refractivity contribution in [2.45, 2.75) is 25.9 Å². The number of halogens is 3. The maximum atomic E-state index is 12.5. The fraction of sp³-hybridized carbons (Fsp3) is 0.308. The number of aromatic nitrogens is 1. The molecule has 1 aromatic heterocycles. The van der Waals surface area contributed by atoms with Gasteiger partial charge in [0.15, 0.2) is 5.43 Å². The lowest BCUT2D eigenvalue weighted by Crippen LogP contribution is -2.14. The van der Waals surface area contributed by atoms with Crippen LogP contribution in [0.3, 0.4) is 0 Å². The number of pyridine rings is 1. The van der Waals surface area contributed by atoms with Gasteiger partial charge in [0.05, 0.1) is 0 Å². The van der Waals surface area contributed by atoms with E-state index in [4.69, 9.17) is 0 Å². The summed E-state index contributed by atoms with van der Waals surface area (Å²) < 4.78 is 37.6. The molecule has 0 bridgehead atoms. The summed E-state index contributed by atoms with van der Waals surface area (Å²) in [7, 11) is 0. The number of aryl methyl sites for hydroxylation is 1. The van der Waals surface area contributed by atoms with E-state index in [1.165, 1.54) is 6.07 Å². The van der Waals surface area contributed by atoms with Crippen molar-refractivity contribution in [3.8, 4) is 0 Å². The summed E-state index contributed by atoms with van der Waals surface area (Å²) in [5.41, 5.74) is -0.442. The molecule has 2 rings (SSSR count). The molecule has 18 heavy (non-hydrogen) atoms. The minimum Gasteiger partial charge on any atom is -0.351 e. The molecule has 2 nitrogen and oxygen atoms in total. The lowest BCUT2D eigenvalue weighted by molar-refractivity contribution is -0.141. The third-order valence-corrected chi connectivity index (χ3v) is 2.74. The molecule has 0 saturated carbocycles. The van der Waals surface area contributed by atoms with Gasteiger partial charge < -0.3 is 4.98 Å². The monoisotopic (exact) mass is 255 g/mol. The molecule has 1 N–H and O–H groups in total. The fourth-order valence-corrected chi connectivity index (χ4v) is 1.89. The number of hydrogen-bond acceptors (Lipinski definition) is 1. The second kappa shape index (κ2) is 4.48. The van der Waals surface area contributed by atoms with Crippen LogP contribution in [0.25, 0.3) is 10.9 Å². The molecule has 0 aliphatic heterocycles. The Kier molecular flexibility index (Phi) is 3.15. The molecule has 2 aromatic rings. The summed E-state index contributed by atoms with van der Waals surface area (Å²) >= 11 is 0. The van der Waals surface area contributed by atoms with Crippen molar-refractivity contribution in [3.63, 3.8) is 0 Å². The second-order valence-electron chi connectivity index (χ2n) is 4.17. The first kappa shape index (κ1) is 12.7. The predicted octanol–water partition coefficient (Wildman–Crippen LogP) is 3.50. The van der Waals surface area contributed by atoms with Gasteiger partial charge in [-0.3, -0.25) is 4.79 Å². The highest BCUT2D eigenvalue weighted by atomic mass is 19.4. The molecule has 0 amide bonds. The van der Waals surface area contributed by atoms with E-state index in [0.29, 0.717) is 11.5 Å². The third kappa shape index (κ3) is 2.39. The van der Waals surface area contributed by atoms with Gasteiger partial charge in [0.1, 0.15) is 5.69 Å². The van der Waals surface area contributed by atoms with Crippen LogP contribution in [0.4, 0.5) is 13.2 Å². The molecule has 0 aliphatic rings. The van der Waals surface area contributed by atoms with Crippen molar-refractivity contribution in [1.29, 1.82) is 0 Å². The van der Waals surface area contributed by atoms with Crippen molar-refractivity contribution in [2.24, 2.45) is 0 Å². The highest BCUT2D eigenvalue weighted by Gasteiger charge is 2.32. The van der Waals surface area contributed by atoms with Crippen LogP contribution >= 0.6 is 0 Å². The molecule has 0 atom stereocenters. The van der Waals surface area contributed by atoms with Crippen molar-refractivity contribution in [3.05, 3.63) is 45.7 Å².